The Balaban J connectivity index is 1.98. The second-order valence-electron chi connectivity index (χ2n) is 5.26. The number of benzene rings is 1. The highest BCUT2D eigenvalue weighted by Gasteiger charge is 2.29. The quantitative estimate of drug-likeness (QED) is 0.879. The molecule has 1 heterocycles. The Kier molecular flexibility index (Phi) is 4.50. The van der Waals surface area contributed by atoms with Gasteiger partial charge in [-0.25, -0.2) is 8.78 Å². The zero-order chi connectivity index (χ0) is 13.9. The van der Waals surface area contributed by atoms with Gasteiger partial charge in [0.25, 0.3) is 0 Å². The third kappa shape index (κ3) is 3.72. The number of rotatable bonds is 3. The van der Waals surface area contributed by atoms with Gasteiger partial charge in [0.15, 0.2) is 11.6 Å². The molecule has 106 valence electrons. The second-order valence-corrected chi connectivity index (χ2v) is 5.26. The van der Waals surface area contributed by atoms with Gasteiger partial charge in [-0.15, -0.1) is 0 Å². The van der Waals surface area contributed by atoms with Gasteiger partial charge in [-0.3, -0.25) is 4.90 Å². The summed E-state index contributed by atoms with van der Waals surface area (Å²) in [6.07, 6.45) is 1.84. The monoisotopic (exact) mass is 271 g/mol. The van der Waals surface area contributed by atoms with Crippen molar-refractivity contribution in [2.75, 3.05) is 19.7 Å². The van der Waals surface area contributed by atoms with Gasteiger partial charge in [-0.05, 0) is 43.5 Å². The number of likely N-dealkylation sites (tertiary alicyclic amines) is 1. The van der Waals surface area contributed by atoms with Gasteiger partial charge in [0.1, 0.15) is 0 Å². The minimum absolute atomic E-state index is 0.230. The minimum Gasteiger partial charge on any atom is -0.393 e. The fourth-order valence-electron chi connectivity index (χ4n) is 2.45. The van der Waals surface area contributed by atoms with Crippen LogP contribution >= 0.6 is 0 Å². The average Bonchev–Trinajstić information content (AvgIpc) is 2.57. The van der Waals surface area contributed by atoms with Crippen molar-refractivity contribution in [1.82, 2.24) is 4.90 Å². The van der Waals surface area contributed by atoms with Crippen molar-refractivity contribution in [2.24, 2.45) is 0 Å². The first-order valence-corrected chi connectivity index (χ1v) is 6.52. The van der Waals surface area contributed by atoms with Crippen LogP contribution in [0.1, 0.15) is 24.8 Å². The molecule has 0 spiro atoms. The first-order chi connectivity index (χ1) is 9.02. The lowest BCUT2D eigenvalue weighted by molar-refractivity contribution is -0.0255. The number of aliphatic hydroxyl groups is 2. The van der Waals surface area contributed by atoms with Gasteiger partial charge in [0.2, 0.25) is 0 Å². The highest BCUT2D eigenvalue weighted by Crippen LogP contribution is 2.23. The summed E-state index contributed by atoms with van der Waals surface area (Å²) in [5, 5.41) is 19.2. The number of halogens is 2. The van der Waals surface area contributed by atoms with Gasteiger partial charge in [0, 0.05) is 13.1 Å². The highest BCUT2D eigenvalue weighted by molar-refractivity contribution is 5.17. The molecule has 1 aliphatic rings. The molecular weight excluding hydrogens is 252 g/mol. The van der Waals surface area contributed by atoms with E-state index >= 15 is 0 Å². The van der Waals surface area contributed by atoms with Crippen molar-refractivity contribution >= 4 is 0 Å². The summed E-state index contributed by atoms with van der Waals surface area (Å²) in [5.41, 5.74) is -0.281. The maximum Gasteiger partial charge on any atom is 0.159 e. The summed E-state index contributed by atoms with van der Waals surface area (Å²) in [6.45, 7) is 1.71. The molecule has 1 saturated heterocycles. The van der Waals surface area contributed by atoms with Crippen LogP contribution in [0.5, 0.6) is 0 Å². The Bertz CT molecular complexity index is 441. The van der Waals surface area contributed by atoms with Gasteiger partial charge in [-0.2, -0.15) is 0 Å². The number of nitrogens with zero attached hydrogens (tertiary/aromatic N) is 1. The fraction of sp³-hybridized carbons (Fsp3) is 0.571. The van der Waals surface area contributed by atoms with Crippen LogP contribution in [0, 0.1) is 11.6 Å². The first-order valence-electron chi connectivity index (χ1n) is 6.52. The zero-order valence-corrected chi connectivity index (χ0v) is 10.8. The summed E-state index contributed by atoms with van der Waals surface area (Å²) in [5.74, 6) is -1.67. The molecule has 0 bridgehead atoms. The normalized spacial score (nSPS) is 25.3. The summed E-state index contributed by atoms with van der Waals surface area (Å²) in [7, 11) is 0. The molecule has 2 rings (SSSR count). The lowest BCUT2D eigenvalue weighted by Gasteiger charge is -2.24. The van der Waals surface area contributed by atoms with E-state index in [1.54, 1.807) is 6.07 Å². The molecule has 0 saturated carbocycles. The lowest BCUT2D eigenvalue weighted by atomic mass is 9.96. The fourth-order valence-corrected chi connectivity index (χ4v) is 2.45. The van der Waals surface area contributed by atoms with Crippen LogP contribution in [0.4, 0.5) is 8.78 Å². The van der Waals surface area contributed by atoms with Gasteiger partial charge in [0.05, 0.1) is 12.2 Å². The van der Waals surface area contributed by atoms with Crippen LogP contribution < -0.4 is 0 Å². The Morgan fingerprint density at radius 2 is 1.95 bits per heavy atom. The molecule has 0 aromatic heterocycles. The van der Waals surface area contributed by atoms with Crippen molar-refractivity contribution in [3.63, 3.8) is 0 Å². The number of hydrogen-bond acceptors (Lipinski definition) is 3. The molecule has 0 aliphatic carbocycles. The molecule has 1 atom stereocenters. The Hall–Kier alpha value is -1.04. The first kappa shape index (κ1) is 14.4. The van der Waals surface area contributed by atoms with E-state index in [1.807, 2.05) is 0 Å². The van der Waals surface area contributed by atoms with Crippen LogP contribution in [-0.4, -0.2) is 40.4 Å². The van der Waals surface area contributed by atoms with Crippen LogP contribution in [0.2, 0.25) is 0 Å². The Morgan fingerprint density at radius 1 is 1.16 bits per heavy atom. The van der Waals surface area contributed by atoms with Crippen molar-refractivity contribution in [1.29, 1.82) is 0 Å². The average molecular weight is 271 g/mol. The van der Waals surface area contributed by atoms with E-state index in [0.29, 0.717) is 31.5 Å². The maximum atomic E-state index is 13.1. The van der Waals surface area contributed by atoms with Crippen molar-refractivity contribution in [3.05, 3.63) is 35.4 Å². The van der Waals surface area contributed by atoms with Gasteiger partial charge in [-0.1, -0.05) is 6.07 Å². The van der Waals surface area contributed by atoms with Crippen molar-refractivity contribution < 1.29 is 19.0 Å². The van der Waals surface area contributed by atoms with Gasteiger partial charge < -0.3 is 10.2 Å². The van der Waals surface area contributed by atoms with E-state index in [-0.39, 0.29) is 6.61 Å². The highest BCUT2D eigenvalue weighted by atomic mass is 19.2. The molecule has 0 unspecified atom stereocenters. The predicted molar refractivity (Wildman–Crippen MR) is 67.5 cm³/mol. The molecule has 1 aliphatic heterocycles. The summed E-state index contributed by atoms with van der Waals surface area (Å²) in [6, 6.07) is 3.91. The molecular formula is C14H19F2NO2. The molecule has 19 heavy (non-hydrogen) atoms. The SMILES string of the molecule is OC[C@]1(O)CCCN(Cc2ccc(F)c(F)c2)CC1. The Morgan fingerprint density at radius 3 is 2.63 bits per heavy atom. The summed E-state index contributed by atoms with van der Waals surface area (Å²) in [4.78, 5) is 2.08. The molecule has 0 amide bonds. The van der Waals surface area contributed by atoms with Crippen LogP contribution in [0.25, 0.3) is 0 Å². The van der Waals surface area contributed by atoms with E-state index in [4.69, 9.17) is 5.11 Å². The standard InChI is InChI=1S/C14H19F2NO2/c15-12-3-2-11(8-13(12)16)9-17-6-1-4-14(19,10-18)5-7-17/h2-3,8,18-19H,1,4-7,9-10H2/t14-/m0/s1. The summed E-state index contributed by atoms with van der Waals surface area (Å²) < 4.78 is 26.0. The molecule has 1 fully saturated rings. The molecule has 3 nitrogen and oxygen atoms in total. The second kappa shape index (κ2) is 5.94. The smallest absolute Gasteiger partial charge is 0.159 e. The van der Waals surface area contributed by atoms with E-state index < -0.39 is 17.2 Å². The molecule has 0 radical (unpaired) electrons. The largest absolute Gasteiger partial charge is 0.393 e. The van der Waals surface area contributed by atoms with Crippen LogP contribution in [0.15, 0.2) is 18.2 Å². The molecule has 5 heteroatoms. The topological polar surface area (TPSA) is 43.7 Å². The van der Waals surface area contributed by atoms with Crippen LogP contribution in [0.3, 0.4) is 0 Å². The van der Waals surface area contributed by atoms with Crippen molar-refractivity contribution in [2.45, 2.75) is 31.4 Å². The predicted octanol–water partition coefficient (Wildman–Crippen LogP) is 1.67. The third-order valence-corrected chi connectivity index (χ3v) is 3.69. The zero-order valence-electron chi connectivity index (χ0n) is 10.8. The minimum atomic E-state index is -0.997. The van der Waals surface area contributed by atoms with E-state index in [2.05, 4.69) is 4.90 Å². The number of aliphatic hydroxyl groups excluding tert-OH is 1. The number of hydrogen-bond donors (Lipinski definition) is 2. The third-order valence-electron chi connectivity index (χ3n) is 3.69. The van der Waals surface area contributed by atoms with Crippen molar-refractivity contribution in [3.8, 4) is 0 Å². The molecule has 2 N–H and O–H groups in total. The lowest BCUT2D eigenvalue weighted by Crippen LogP contribution is -2.34. The van der Waals surface area contributed by atoms with Gasteiger partial charge >= 0.3 is 0 Å². The Labute approximate surface area is 111 Å². The maximum absolute atomic E-state index is 13.1. The van der Waals surface area contributed by atoms with Crippen LogP contribution in [-0.2, 0) is 6.54 Å². The molecule has 1 aromatic carbocycles. The van der Waals surface area contributed by atoms with E-state index in [0.717, 1.165) is 19.0 Å². The van der Waals surface area contributed by atoms with E-state index in [9.17, 15) is 13.9 Å². The molecule has 1 aromatic rings. The summed E-state index contributed by atoms with van der Waals surface area (Å²) >= 11 is 0. The van der Waals surface area contributed by atoms with E-state index in [1.165, 1.54) is 6.07 Å².